The summed E-state index contributed by atoms with van der Waals surface area (Å²) in [4.78, 5) is 0. The average Bonchev–Trinajstić information content (AvgIpc) is 2.94. The number of halogens is 1. The quantitative estimate of drug-likeness (QED) is 0.409. The predicted molar refractivity (Wildman–Crippen MR) is 73.0 cm³/mol. The third-order valence-electron chi connectivity index (χ3n) is 2.70. The Labute approximate surface area is 120 Å². The Hall–Kier alpha value is -1.83. The van der Waals surface area contributed by atoms with Gasteiger partial charge < -0.3 is 15.3 Å². The Morgan fingerprint density at radius 3 is 3.00 bits per heavy atom. The standard InChI is InChI=1S/C12H15ClN4O3/c1-19-12-10(16-20-17-12)11(15-18)14-9-4-2-3-8(7-9)5-6-13/h2-4,7,11,14-15,18H,5-6H2,1H3. The van der Waals surface area contributed by atoms with E-state index in [-0.39, 0.29) is 5.88 Å². The van der Waals surface area contributed by atoms with Crippen LogP contribution in [0.5, 0.6) is 5.88 Å². The van der Waals surface area contributed by atoms with E-state index in [9.17, 15) is 5.21 Å². The number of rotatable bonds is 7. The largest absolute Gasteiger partial charge is 0.477 e. The van der Waals surface area contributed by atoms with Gasteiger partial charge in [-0.3, -0.25) is 0 Å². The van der Waals surface area contributed by atoms with Crippen LogP contribution in [0.3, 0.4) is 0 Å². The van der Waals surface area contributed by atoms with Gasteiger partial charge in [0.25, 0.3) is 5.88 Å². The first-order chi connectivity index (χ1) is 9.78. The molecule has 1 aromatic heterocycles. The lowest BCUT2D eigenvalue weighted by Crippen LogP contribution is -2.26. The zero-order valence-electron chi connectivity index (χ0n) is 10.8. The van der Waals surface area contributed by atoms with Crippen molar-refractivity contribution in [1.82, 2.24) is 15.8 Å². The van der Waals surface area contributed by atoms with Gasteiger partial charge in [-0.05, 0) is 34.4 Å². The summed E-state index contributed by atoms with van der Waals surface area (Å²) in [6.45, 7) is 0. The normalized spacial score (nSPS) is 12.2. The molecule has 0 bridgehead atoms. The van der Waals surface area contributed by atoms with E-state index < -0.39 is 6.17 Å². The number of aryl methyl sites for hydroxylation is 1. The van der Waals surface area contributed by atoms with Crippen molar-refractivity contribution in [3.8, 4) is 5.88 Å². The Bertz CT molecular complexity index is 549. The molecular weight excluding hydrogens is 284 g/mol. The lowest BCUT2D eigenvalue weighted by atomic mass is 10.1. The van der Waals surface area contributed by atoms with E-state index in [0.717, 1.165) is 17.7 Å². The fraction of sp³-hybridized carbons (Fsp3) is 0.333. The molecule has 2 aromatic rings. The highest BCUT2D eigenvalue weighted by Gasteiger charge is 2.21. The fourth-order valence-electron chi connectivity index (χ4n) is 1.76. The number of hydrogen-bond acceptors (Lipinski definition) is 7. The number of hydroxylamine groups is 1. The van der Waals surface area contributed by atoms with Crippen molar-refractivity contribution in [2.24, 2.45) is 0 Å². The summed E-state index contributed by atoms with van der Waals surface area (Å²) < 4.78 is 9.58. The Morgan fingerprint density at radius 1 is 1.45 bits per heavy atom. The summed E-state index contributed by atoms with van der Waals surface area (Å²) in [6, 6.07) is 7.68. The number of alkyl halides is 1. The lowest BCUT2D eigenvalue weighted by Gasteiger charge is -2.16. The van der Waals surface area contributed by atoms with Crippen LogP contribution in [0.25, 0.3) is 0 Å². The summed E-state index contributed by atoms with van der Waals surface area (Å²) in [6.07, 6.45) is 0.0609. The van der Waals surface area contributed by atoms with Crippen LogP contribution in [-0.2, 0) is 6.42 Å². The molecule has 0 aliphatic heterocycles. The van der Waals surface area contributed by atoms with E-state index in [4.69, 9.17) is 16.3 Å². The van der Waals surface area contributed by atoms with Gasteiger partial charge in [-0.15, -0.1) is 11.6 Å². The second-order valence-electron chi connectivity index (χ2n) is 4.00. The number of hydrogen-bond donors (Lipinski definition) is 3. The van der Waals surface area contributed by atoms with E-state index in [1.807, 2.05) is 24.3 Å². The lowest BCUT2D eigenvalue weighted by molar-refractivity contribution is 0.132. The molecule has 0 aliphatic rings. The summed E-state index contributed by atoms with van der Waals surface area (Å²) >= 11 is 5.72. The molecule has 0 radical (unpaired) electrons. The maximum Gasteiger partial charge on any atom is 0.282 e. The third-order valence-corrected chi connectivity index (χ3v) is 2.89. The summed E-state index contributed by atoms with van der Waals surface area (Å²) in [5.74, 6) is 0.743. The van der Waals surface area contributed by atoms with Crippen LogP contribution in [0.2, 0.25) is 0 Å². The van der Waals surface area contributed by atoms with Crippen molar-refractivity contribution in [1.29, 1.82) is 0 Å². The molecule has 0 saturated carbocycles. The van der Waals surface area contributed by atoms with Gasteiger partial charge in [-0.2, -0.15) is 5.48 Å². The van der Waals surface area contributed by atoms with Crippen molar-refractivity contribution in [2.45, 2.75) is 12.6 Å². The van der Waals surface area contributed by atoms with Gasteiger partial charge in [-0.1, -0.05) is 12.1 Å². The maximum absolute atomic E-state index is 9.25. The van der Waals surface area contributed by atoms with E-state index >= 15 is 0 Å². The van der Waals surface area contributed by atoms with Crippen LogP contribution in [0, 0.1) is 0 Å². The molecule has 1 unspecified atom stereocenters. The molecule has 0 fully saturated rings. The second kappa shape index (κ2) is 7.09. The number of anilines is 1. The highest BCUT2D eigenvalue weighted by molar-refractivity contribution is 6.17. The first-order valence-electron chi connectivity index (χ1n) is 5.96. The van der Waals surface area contributed by atoms with Gasteiger partial charge in [0.2, 0.25) is 0 Å². The molecule has 1 atom stereocenters. The van der Waals surface area contributed by atoms with E-state index in [1.54, 1.807) is 0 Å². The minimum atomic E-state index is -0.706. The number of nitrogens with one attached hydrogen (secondary N) is 2. The van der Waals surface area contributed by atoms with E-state index in [1.165, 1.54) is 7.11 Å². The molecule has 0 amide bonds. The monoisotopic (exact) mass is 298 g/mol. The highest BCUT2D eigenvalue weighted by Crippen LogP contribution is 2.23. The van der Waals surface area contributed by atoms with Crippen LogP contribution in [-0.4, -0.2) is 28.5 Å². The molecule has 3 N–H and O–H groups in total. The Balaban J connectivity index is 2.16. The Morgan fingerprint density at radius 2 is 2.30 bits per heavy atom. The second-order valence-corrected chi connectivity index (χ2v) is 4.38. The molecule has 0 saturated heterocycles. The van der Waals surface area contributed by atoms with E-state index in [0.29, 0.717) is 11.6 Å². The van der Waals surface area contributed by atoms with Crippen LogP contribution in [0.1, 0.15) is 17.4 Å². The first kappa shape index (κ1) is 14.6. The van der Waals surface area contributed by atoms with Crippen molar-refractivity contribution < 1.29 is 14.6 Å². The molecule has 0 aliphatic carbocycles. The number of ether oxygens (including phenoxy) is 1. The molecule has 8 heteroatoms. The predicted octanol–water partition coefficient (Wildman–Crippen LogP) is 1.95. The van der Waals surface area contributed by atoms with Crippen molar-refractivity contribution in [2.75, 3.05) is 18.3 Å². The van der Waals surface area contributed by atoms with Crippen LogP contribution in [0.4, 0.5) is 5.69 Å². The van der Waals surface area contributed by atoms with Crippen LogP contribution < -0.4 is 15.5 Å². The Kier molecular flexibility index (Phi) is 5.16. The van der Waals surface area contributed by atoms with Gasteiger partial charge in [0.1, 0.15) is 0 Å². The molecule has 2 rings (SSSR count). The van der Waals surface area contributed by atoms with Gasteiger partial charge in [0.05, 0.1) is 7.11 Å². The summed E-state index contributed by atoms with van der Waals surface area (Å²) in [5.41, 5.74) is 4.30. The van der Waals surface area contributed by atoms with Gasteiger partial charge in [0, 0.05) is 11.6 Å². The van der Waals surface area contributed by atoms with E-state index in [2.05, 4.69) is 25.7 Å². The molecule has 7 nitrogen and oxygen atoms in total. The molecular formula is C12H15ClN4O3. The topological polar surface area (TPSA) is 92.4 Å². The van der Waals surface area contributed by atoms with Crippen LogP contribution in [0.15, 0.2) is 28.9 Å². The minimum absolute atomic E-state index is 0.195. The minimum Gasteiger partial charge on any atom is -0.477 e. The number of aromatic nitrogens is 2. The van der Waals surface area contributed by atoms with Crippen molar-refractivity contribution >= 4 is 17.3 Å². The third kappa shape index (κ3) is 3.38. The van der Waals surface area contributed by atoms with Crippen molar-refractivity contribution in [3.05, 3.63) is 35.5 Å². The molecule has 20 heavy (non-hydrogen) atoms. The molecule has 0 spiro atoms. The summed E-state index contributed by atoms with van der Waals surface area (Å²) in [5, 5.41) is 19.6. The maximum atomic E-state index is 9.25. The smallest absolute Gasteiger partial charge is 0.282 e. The first-order valence-corrected chi connectivity index (χ1v) is 6.49. The number of benzene rings is 1. The fourth-order valence-corrected chi connectivity index (χ4v) is 1.98. The zero-order valence-corrected chi connectivity index (χ0v) is 11.6. The molecule has 108 valence electrons. The van der Waals surface area contributed by atoms with Gasteiger partial charge in [0.15, 0.2) is 11.9 Å². The summed E-state index contributed by atoms with van der Waals surface area (Å²) in [7, 11) is 1.44. The number of methoxy groups -OCH3 is 1. The van der Waals surface area contributed by atoms with Crippen molar-refractivity contribution in [3.63, 3.8) is 0 Å². The van der Waals surface area contributed by atoms with Crippen LogP contribution >= 0.6 is 11.6 Å². The molecule has 1 aromatic carbocycles. The SMILES string of the molecule is COc1nonc1C(NO)Nc1cccc(CCCl)c1. The zero-order chi connectivity index (χ0) is 14.4. The average molecular weight is 299 g/mol. The molecule has 1 heterocycles. The van der Waals surface area contributed by atoms with Gasteiger partial charge in [-0.25, -0.2) is 4.63 Å². The highest BCUT2D eigenvalue weighted by atomic mass is 35.5. The number of nitrogens with zero attached hydrogens (tertiary/aromatic N) is 2. The van der Waals surface area contributed by atoms with Gasteiger partial charge >= 0.3 is 0 Å².